The van der Waals surface area contributed by atoms with Crippen molar-refractivity contribution in [2.45, 2.75) is 13.2 Å². The number of benzene rings is 2. The lowest BCUT2D eigenvalue weighted by atomic mass is 10.1. The molecule has 0 fully saturated rings. The number of carboxylic acid groups (broad SMARTS) is 1. The second-order valence-electron chi connectivity index (χ2n) is 5.58. The molecule has 0 aliphatic heterocycles. The minimum Gasteiger partial charge on any atom is -0.478 e. The molecule has 3 rings (SSSR count). The van der Waals surface area contributed by atoms with E-state index >= 15 is 0 Å². The van der Waals surface area contributed by atoms with Crippen molar-refractivity contribution in [2.75, 3.05) is 0 Å². The number of thiophene rings is 1. The molecule has 0 bridgehead atoms. The molecule has 0 spiro atoms. The number of fused-ring (bicyclic) bond motifs is 1. The fourth-order valence-corrected chi connectivity index (χ4v) is 3.88. The summed E-state index contributed by atoms with van der Waals surface area (Å²) >= 11 is 12.7. The number of carbonyl (C=O) groups excluding carboxylic acids is 1. The molecule has 1 heterocycles. The molecule has 0 aliphatic rings. The zero-order valence-corrected chi connectivity index (χ0v) is 16.8. The van der Waals surface area contributed by atoms with Crippen LogP contribution in [0.2, 0.25) is 5.02 Å². The van der Waals surface area contributed by atoms with E-state index in [-0.39, 0.29) is 13.2 Å². The molecular weight excluding hydrogens is 423 g/mol. The van der Waals surface area contributed by atoms with Gasteiger partial charge in [-0.3, -0.25) is 4.79 Å². The lowest BCUT2D eigenvalue weighted by Crippen LogP contribution is -1.87. The van der Waals surface area contributed by atoms with E-state index in [1.807, 2.05) is 6.07 Å². The third kappa shape index (κ3) is 5.89. The molecule has 0 atom stereocenters. The first-order valence-electron chi connectivity index (χ1n) is 7.98. The van der Waals surface area contributed by atoms with Crippen molar-refractivity contribution in [2.24, 2.45) is 0 Å². The van der Waals surface area contributed by atoms with Gasteiger partial charge in [0, 0.05) is 16.2 Å². The van der Waals surface area contributed by atoms with Crippen LogP contribution in [-0.2, 0) is 18.0 Å². The highest BCUT2D eigenvalue weighted by Gasteiger charge is 2.15. The average molecular weight is 439 g/mol. The maximum absolute atomic E-state index is 11.0. The number of aliphatic hydroxyl groups is 2. The lowest BCUT2D eigenvalue weighted by Gasteiger charge is -1.96. The van der Waals surface area contributed by atoms with E-state index in [1.165, 1.54) is 17.4 Å². The number of aliphatic hydroxyl groups excluding tert-OH is 2. The van der Waals surface area contributed by atoms with Gasteiger partial charge in [0.2, 0.25) is 0 Å². The third-order valence-electron chi connectivity index (χ3n) is 3.60. The van der Waals surface area contributed by atoms with E-state index in [0.29, 0.717) is 9.90 Å². The van der Waals surface area contributed by atoms with Gasteiger partial charge in [0.1, 0.15) is 4.88 Å². The van der Waals surface area contributed by atoms with Crippen LogP contribution >= 0.6 is 34.5 Å². The van der Waals surface area contributed by atoms with Crippen LogP contribution < -0.4 is 0 Å². The maximum atomic E-state index is 11.0. The van der Waals surface area contributed by atoms with E-state index in [2.05, 4.69) is 0 Å². The Hall–Kier alpha value is -2.22. The van der Waals surface area contributed by atoms with Crippen LogP contribution in [0.3, 0.4) is 0 Å². The van der Waals surface area contributed by atoms with E-state index in [4.69, 9.17) is 38.5 Å². The Balaban J connectivity index is 0.000000203. The molecule has 0 unspecified atom stereocenters. The van der Waals surface area contributed by atoms with Crippen molar-refractivity contribution in [1.29, 1.82) is 0 Å². The van der Waals surface area contributed by atoms with Gasteiger partial charge in [-0.25, -0.2) is 4.79 Å². The average Bonchev–Trinajstić information content (AvgIpc) is 3.03. The van der Waals surface area contributed by atoms with Crippen molar-refractivity contribution in [1.82, 2.24) is 0 Å². The highest BCUT2D eigenvalue weighted by atomic mass is 35.5. The summed E-state index contributed by atoms with van der Waals surface area (Å²) in [6.07, 6.45) is 2.55. The maximum Gasteiger partial charge on any atom is 0.328 e. The van der Waals surface area contributed by atoms with Crippen LogP contribution in [0.4, 0.5) is 0 Å². The van der Waals surface area contributed by atoms with Crippen molar-refractivity contribution >= 4 is 61.9 Å². The fraction of sp³-hybridized carbons (Fsp3) is 0.100. The van der Waals surface area contributed by atoms with E-state index in [9.17, 15) is 9.59 Å². The number of halogens is 2. The van der Waals surface area contributed by atoms with E-state index in [1.54, 1.807) is 36.4 Å². The van der Waals surface area contributed by atoms with Crippen LogP contribution in [0.5, 0.6) is 0 Å². The number of carboxylic acids is 1. The van der Waals surface area contributed by atoms with Gasteiger partial charge in [0.15, 0.2) is 0 Å². The minimum atomic E-state index is -0.977. The number of aliphatic carboxylic acids is 1. The zero-order chi connectivity index (χ0) is 20.7. The topological polar surface area (TPSA) is 94.8 Å². The Morgan fingerprint density at radius 3 is 2.32 bits per heavy atom. The largest absolute Gasteiger partial charge is 0.478 e. The second kappa shape index (κ2) is 10.4. The minimum absolute atomic E-state index is 0.0330. The first-order valence-corrected chi connectivity index (χ1v) is 9.55. The molecule has 5 nitrogen and oxygen atoms in total. The summed E-state index contributed by atoms with van der Waals surface area (Å²) in [4.78, 5) is 21.6. The molecule has 8 heteroatoms. The van der Waals surface area contributed by atoms with Crippen molar-refractivity contribution in [3.63, 3.8) is 0 Å². The van der Waals surface area contributed by atoms with Crippen molar-refractivity contribution < 1.29 is 24.9 Å². The summed E-state index contributed by atoms with van der Waals surface area (Å²) in [6.45, 7) is -0.0823. The Kier molecular flexibility index (Phi) is 8.17. The van der Waals surface area contributed by atoms with Gasteiger partial charge in [-0.05, 0) is 52.6 Å². The molecule has 1 aromatic heterocycles. The molecule has 28 heavy (non-hydrogen) atoms. The number of rotatable bonds is 5. The Morgan fingerprint density at radius 1 is 1.04 bits per heavy atom. The molecule has 146 valence electrons. The molecule has 2 aromatic carbocycles. The molecule has 0 saturated heterocycles. The van der Waals surface area contributed by atoms with Gasteiger partial charge in [-0.2, -0.15) is 0 Å². The fourth-order valence-electron chi connectivity index (χ4n) is 2.30. The van der Waals surface area contributed by atoms with Crippen LogP contribution in [0.15, 0.2) is 48.5 Å². The monoisotopic (exact) mass is 438 g/mol. The van der Waals surface area contributed by atoms with Crippen LogP contribution in [0.25, 0.3) is 16.2 Å². The van der Waals surface area contributed by atoms with E-state index < -0.39 is 11.2 Å². The summed E-state index contributed by atoms with van der Waals surface area (Å²) in [5, 5.41) is 26.7. The Bertz CT molecular complexity index is 1030. The summed E-state index contributed by atoms with van der Waals surface area (Å²) in [7, 11) is 0. The smallest absolute Gasteiger partial charge is 0.328 e. The van der Waals surface area contributed by atoms with Gasteiger partial charge in [-0.1, -0.05) is 35.9 Å². The summed E-state index contributed by atoms with van der Waals surface area (Å²) in [6, 6.07) is 12.4. The van der Waals surface area contributed by atoms with Gasteiger partial charge < -0.3 is 15.3 Å². The van der Waals surface area contributed by atoms with E-state index in [0.717, 1.165) is 32.9 Å². The predicted molar refractivity (Wildman–Crippen MR) is 112 cm³/mol. The number of carbonyl (C=O) groups is 2. The quantitative estimate of drug-likeness (QED) is 0.396. The highest BCUT2D eigenvalue weighted by molar-refractivity contribution is 7.23. The summed E-state index contributed by atoms with van der Waals surface area (Å²) < 4.78 is 0.890. The molecule has 0 amide bonds. The standard InChI is InChI=1S/C10H6Cl2O2S.C10H10O3/c11-8-6-3-5(4-13)1-2-7(6)15-9(8)10(12)14;11-7-9-3-1-2-8(6-9)4-5-10(12)13/h1-3,13H,4H2;1-6,11H,7H2,(H,12,13)/b;5-4+. The molecule has 0 radical (unpaired) electrons. The summed E-state index contributed by atoms with van der Waals surface area (Å²) in [5.41, 5.74) is 2.30. The SMILES string of the molecule is O=C(Cl)c1sc2ccc(CO)cc2c1Cl.O=C(O)/C=C/c1cccc(CO)c1. The summed E-state index contributed by atoms with van der Waals surface area (Å²) in [5.74, 6) is -0.977. The highest BCUT2D eigenvalue weighted by Crippen LogP contribution is 2.36. The molecule has 3 N–H and O–H groups in total. The van der Waals surface area contributed by atoms with Crippen LogP contribution in [0.1, 0.15) is 26.4 Å². The van der Waals surface area contributed by atoms with Gasteiger partial charge in [0.25, 0.3) is 5.24 Å². The molecule has 0 aliphatic carbocycles. The first kappa shape index (κ1) is 22.1. The second-order valence-corrected chi connectivity index (χ2v) is 7.36. The van der Waals surface area contributed by atoms with Crippen molar-refractivity contribution in [3.05, 3.63) is 75.1 Å². The van der Waals surface area contributed by atoms with Crippen molar-refractivity contribution in [3.8, 4) is 0 Å². The molecule has 3 aromatic rings. The number of hydrogen-bond donors (Lipinski definition) is 3. The predicted octanol–water partition coefficient (Wildman–Crippen LogP) is 4.70. The molecule has 0 saturated carbocycles. The number of hydrogen-bond acceptors (Lipinski definition) is 5. The third-order valence-corrected chi connectivity index (χ3v) is 5.58. The van der Waals surface area contributed by atoms with Gasteiger partial charge in [0.05, 0.1) is 18.2 Å². The van der Waals surface area contributed by atoms with Crippen LogP contribution in [-0.4, -0.2) is 26.5 Å². The van der Waals surface area contributed by atoms with Gasteiger partial charge >= 0.3 is 5.97 Å². The normalized spacial score (nSPS) is 10.7. The Labute approximate surface area is 175 Å². The molecular formula is C20H16Cl2O5S. The van der Waals surface area contributed by atoms with Gasteiger partial charge in [-0.15, -0.1) is 11.3 Å². The van der Waals surface area contributed by atoms with Crippen LogP contribution in [0, 0.1) is 0 Å². The zero-order valence-electron chi connectivity index (χ0n) is 14.4. The Morgan fingerprint density at radius 2 is 1.71 bits per heavy atom. The first-order chi connectivity index (χ1) is 13.3. The lowest BCUT2D eigenvalue weighted by molar-refractivity contribution is -0.131.